The van der Waals surface area contributed by atoms with Crippen molar-refractivity contribution in [1.82, 2.24) is 0 Å². The molecule has 0 saturated carbocycles. The molecule has 1 aliphatic heterocycles. The van der Waals surface area contributed by atoms with E-state index < -0.39 is 0 Å². The van der Waals surface area contributed by atoms with Crippen molar-refractivity contribution < 1.29 is 14.3 Å². The van der Waals surface area contributed by atoms with Gasteiger partial charge in [-0.1, -0.05) is 6.58 Å². The van der Waals surface area contributed by atoms with Crippen LogP contribution in [0.25, 0.3) is 0 Å². The van der Waals surface area contributed by atoms with E-state index in [-0.39, 0.29) is 12.2 Å². The van der Waals surface area contributed by atoms with E-state index >= 15 is 0 Å². The highest BCUT2D eigenvalue weighted by molar-refractivity contribution is 5.86. The molecule has 0 aliphatic carbocycles. The lowest BCUT2D eigenvalue weighted by Crippen LogP contribution is -2.12. The molecule has 0 aromatic heterocycles. The summed E-state index contributed by atoms with van der Waals surface area (Å²) in [5.41, 5.74) is 0.413. The van der Waals surface area contributed by atoms with E-state index in [0.29, 0.717) is 25.2 Å². The zero-order chi connectivity index (χ0) is 9.68. The van der Waals surface area contributed by atoms with Crippen LogP contribution in [0.4, 0.5) is 0 Å². The molecule has 0 radical (unpaired) electrons. The SMILES string of the molecule is C=C(C)C(=O)OCCC1N=CCO1. The third-order valence-corrected chi connectivity index (χ3v) is 1.58. The first-order valence-electron chi connectivity index (χ1n) is 4.16. The topological polar surface area (TPSA) is 47.9 Å². The number of carbonyl (C=O) groups is 1. The van der Waals surface area contributed by atoms with E-state index in [1.165, 1.54) is 0 Å². The van der Waals surface area contributed by atoms with Crippen LogP contribution in [0.3, 0.4) is 0 Å². The highest BCUT2D eigenvalue weighted by atomic mass is 16.5. The highest BCUT2D eigenvalue weighted by Crippen LogP contribution is 2.05. The molecule has 72 valence electrons. The van der Waals surface area contributed by atoms with E-state index in [9.17, 15) is 4.79 Å². The molecule has 0 bridgehead atoms. The largest absolute Gasteiger partial charge is 0.462 e. The first-order valence-corrected chi connectivity index (χ1v) is 4.16. The van der Waals surface area contributed by atoms with Crippen molar-refractivity contribution in [2.24, 2.45) is 4.99 Å². The van der Waals surface area contributed by atoms with Crippen molar-refractivity contribution in [3.8, 4) is 0 Å². The fourth-order valence-corrected chi connectivity index (χ4v) is 0.891. The van der Waals surface area contributed by atoms with Gasteiger partial charge in [0, 0.05) is 18.2 Å². The van der Waals surface area contributed by atoms with Crippen molar-refractivity contribution in [3.63, 3.8) is 0 Å². The molecule has 0 spiro atoms. The number of ether oxygens (including phenoxy) is 2. The number of rotatable bonds is 4. The van der Waals surface area contributed by atoms with Crippen molar-refractivity contribution in [3.05, 3.63) is 12.2 Å². The maximum atomic E-state index is 10.9. The maximum Gasteiger partial charge on any atom is 0.333 e. The van der Waals surface area contributed by atoms with Crippen LogP contribution in [0.5, 0.6) is 0 Å². The lowest BCUT2D eigenvalue weighted by atomic mass is 10.3. The van der Waals surface area contributed by atoms with Gasteiger partial charge in [0.2, 0.25) is 0 Å². The zero-order valence-electron chi connectivity index (χ0n) is 7.66. The molecular formula is C9H13NO3. The number of aliphatic imine (C=N–C) groups is 1. The molecule has 0 fully saturated rings. The van der Waals surface area contributed by atoms with Gasteiger partial charge in [-0.15, -0.1) is 0 Å². The van der Waals surface area contributed by atoms with Gasteiger partial charge in [-0.05, 0) is 6.92 Å². The Bertz CT molecular complexity index is 235. The minimum absolute atomic E-state index is 0.141. The van der Waals surface area contributed by atoms with Gasteiger partial charge < -0.3 is 9.47 Å². The van der Waals surface area contributed by atoms with Crippen LogP contribution in [0.15, 0.2) is 17.1 Å². The average Bonchev–Trinajstić information content (AvgIpc) is 2.56. The van der Waals surface area contributed by atoms with Crippen LogP contribution >= 0.6 is 0 Å². The molecule has 1 atom stereocenters. The first kappa shape index (κ1) is 9.92. The quantitative estimate of drug-likeness (QED) is 0.481. The van der Waals surface area contributed by atoms with Crippen LogP contribution in [0.1, 0.15) is 13.3 Å². The minimum Gasteiger partial charge on any atom is -0.462 e. The van der Waals surface area contributed by atoms with Crippen LogP contribution < -0.4 is 0 Å². The molecule has 1 heterocycles. The van der Waals surface area contributed by atoms with Crippen molar-refractivity contribution in [1.29, 1.82) is 0 Å². The molecule has 0 aromatic carbocycles. The smallest absolute Gasteiger partial charge is 0.333 e. The Labute approximate surface area is 77.2 Å². The average molecular weight is 183 g/mol. The summed E-state index contributed by atoms with van der Waals surface area (Å²) in [5, 5.41) is 0. The van der Waals surface area contributed by atoms with E-state index in [1.54, 1.807) is 13.1 Å². The molecule has 0 amide bonds. The Kier molecular flexibility index (Phi) is 3.64. The summed E-state index contributed by atoms with van der Waals surface area (Å²) < 4.78 is 10.0. The molecule has 1 rings (SSSR count). The summed E-state index contributed by atoms with van der Waals surface area (Å²) in [6, 6.07) is 0. The molecule has 13 heavy (non-hydrogen) atoms. The van der Waals surface area contributed by atoms with Gasteiger partial charge in [-0.25, -0.2) is 4.79 Å². The normalized spacial score (nSPS) is 20.2. The van der Waals surface area contributed by atoms with Crippen molar-refractivity contribution in [2.75, 3.05) is 13.2 Å². The van der Waals surface area contributed by atoms with Gasteiger partial charge in [0.25, 0.3) is 0 Å². The minimum atomic E-state index is -0.359. The fourth-order valence-electron chi connectivity index (χ4n) is 0.891. The predicted octanol–water partition coefficient (Wildman–Crippen LogP) is 0.923. The summed E-state index contributed by atoms with van der Waals surface area (Å²) in [6.07, 6.45) is 2.18. The van der Waals surface area contributed by atoms with Gasteiger partial charge in [0.1, 0.15) is 0 Å². The Hall–Kier alpha value is -1.16. The van der Waals surface area contributed by atoms with E-state index in [1.807, 2.05) is 0 Å². The molecule has 1 aliphatic rings. The first-order chi connectivity index (χ1) is 6.20. The van der Waals surface area contributed by atoms with Crippen LogP contribution in [-0.2, 0) is 14.3 Å². The van der Waals surface area contributed by atoms with Gasteiger partial charge >= 0.3 is 5.97 Å². The second-order valence-electron chi connectivity index (χ2n) is 2.82. The molecule has 4 nitrogen and oxygen atoms in total. The van der Waals surface area contributed by atoms with E-state index in [2.05, 4.69) is 11.6 Å². The van der Waals surface area contributed by atoms with Gasteiger partial charge in [0.05, 0.1) is 13.2 Å². The van der Waals surface area contributed by atoms with Gasteiger partial charge in [-0.2, -0.15) is 0 Å². The lowest BCUT2D eigenvalue weighted by Gasteiger charge is -2.07. The Morgan fingerprint density at radius 3 is 3.15 bits per heavy atom. The van der Waals surface area contributed by atoms with Crippen molar-refractivity contribution in [2.45, 2.75) is 19.6 Å². The van der Waals surface area contributed by atoms with E-state index in [4.69, 9.17) is 9.47 Å². The number of nitrogens with zero attached hydrogens (tertiary/aromatic N) is 1. The maximum absolute atomic E-state index is 10.9. The van der Waals surface area contributed by atoms with E-state index in [0.717, 1.165) is 0 Å². The number of carbonyl (C=O) groups excluding carboxylic acids is 1. The van der Waals surface area contributed by atoms with Crippen LogP contribution in [0, 0.1) is 0 Å². The highest BCUT2D eigenvalue weighted by Gasteiger charge is 2.11. The number of esters is 1. The predicted molar refractivity (Wildman–Crippen MR) is 48.6 cm³/mol. The van der Waals surface area contributed by atoms with Gasteiger partial charge in [0.15, 0.2) is 6.23 Å². The standard InChI is InChI=1S/C9H13NO3/c1-7(2)9(11)13-5-3-8-10-4-6-12-8/h4,8H,1,3,5-6H2,2H3. The summed E-state index contributed by atoms with van der Waals surface area (Å²) in [6.45, 7) is 5.97. The van der Waals surface area contributed by atoms with Crippen LogP contribution in [0.2, 0.25) is 0 Å². The second kappa shape index (κ2) is 4.77. The fraction of sp³-hybridized carbons (Fsp3) is 0.556. The Morgan fingerprint density at radius 1 is 1.85 bits per heavy atom. The monoisotopic (exact) mass is 183 g/mol. The zero-order valence-corrected chi connectivity index (χ0v) is 7.66. The third-order valence-electron chi connectivity index (χ3n) is 1.58. The summed E-state index contributed by atoms with van der Waals surface area (Å²) in [7, 11) is 0. The lowest BCUT2D eigenvalue weighted by molar-refractivity contribution is -0.139. The molecule has 0 N–H and O–H groups in total. The Morgan fingerprint density at radius 2 is 2.62 bits per heavy atom. The number of hydrogen-bond acceptors (Lipinski definition) is 4. The summed E-state index contributed by atoms with van der Waals surface area (Å²) in [4.78, 5) is 14.9. The molecule has 0 saturated heterocycles. The Balaban J connectivity index is 2.10. The molecular weight excluding hydrogens is 170 g/mol. The third kappa shape index (κ3) is 3.38. The molecule has 1 unspecified atom stereocenters. The van der Waals surface area contributed by atoms with Crippen molar-refractivity contribution >= 4 is 12.2 Å². The summed E-state index contributed by atoms with van der Waals surface area (Å²) >= 11 is 0. The van der Waals surface area contributed by atoms with Gasteiger partial charge in [-0.3, -0.25) is 4.99 Å². The second-order valence-corrected chi connectivity index (χ2v) is 2.82. The summed E-state index contributed by atoms with van der Waals surface area (Å²) in [5.74, 6) is -0.359. The molecule has 4 heteroatoms. The van der Waals surface area contributed by atoms with Crippen LogP contribution in [-0.4, -0.2) is 31.6 Å². The molecule has 0 aromatic rings. The number of hydrogen-bond donors (Lipinski definition) is 0.